The predicted molar refractivity (Wildman–Crippen MR) is 331 cm³/mol. The van der Waals surface area contributed by atoms with Crippen LogP contribution in [-0.2, 0) is 26.6 Å². The van der Waals surface area contributed by atoms with Gasteiger partial charge in [-0.1, -0.05) is 94.9 Å². The Morgan fingerprint density at radius 3 is 1.13 bits per heavy atom. The van der Waals surface area contributed by atoms with Crippen LogP contribution in [0.1, 0.15) is 156 Å². The minimum atomic E-state index is -4.65. The van der Waals surface area contributed by atoms with E-state index in [0.717, 1.165) is 42.5 Å². The molecule has 0 saturated carbocycles. The molecule has 0 radical (unpaired) electrons. The molecule has 0 spiro atoms. The van der Waals surface area contributed by atoms with Crippen LogP contribution < -0.4 is 0 Å². The molecule has 0 bridgehead atoms. The van der Waals surface area contributed by atoms with Gasteiger partial charge in [0.25, 0.3) is 0 Å². The van der Waals surface area contributed by atoms with Crippen LogP contribution in [-0.4, -0.2) is 67.5 Å². The lowest BCUT2D eigenvalue weighted by atomic mass is 10.0. The smallest absolute Gasteiger partial charge is 0.431 e. The number of rotatable bonds is 14. The van der Waals surface area contributed by atoms with Gasteiger partial charge in [0.2, 0.25) is 0 Å². The van der Waals surface area contributed by atoms with E-state index in [1.807, 2.05) is 81.8 Å². The first-order valence-corrected chi connectivity index (χ1v) is 29.1. The van der Waals surface area contributed by atoms with E-state index in [2.05, 4.69) is 4.98 Å². The van der Waals surface area contributed by atoms with Crippen molar-refractivity contribution >= 4 is 70.3 Å². The third kappa shape index (κ3) is 16.6. The number of nitrogens with one attached hydrogen (secondary N) is 1. The van der Waals surface area contributed by atoms with Crippen LogP contribution in [0.5, 0.6) is 0 Å². The largest absolute Gasteiger partial charge is 0.477 e. The van der Waals surface area contributed by atoms with E-state index in [-0.39, 0.29) is 58.2 Å². The summed E-state index contributed by atoms with van der Waals surface area (Å²) in [6.07, 6.45) is -5.44. The fourth-order valence-corrected chi connectivity index (χ4v) is 10.5. The zero-order valence-corrected chi connectivity index (χ0v) is 53.2. The summed E-state index contributed by atoms with van der Waals surface area (Å²) in [5.41, 5.74) is 5.64. The highest BCUT2D eigenvalue weighted by molar-refractivity contribution is 6.31. The first-order chi connectivity index (χ1) is 40.7. The zero-order valence-electron chi connectivity index (χ0n) is 50.2. The molecular weight excluding hydrogens is 1220 g/mol. The van der Waals surface area contributed by atoms with E-state index in [9.17, 15) is 50.6 Å². The lowest BCUT2D eigenvalue weighted by molar-refractivity contribution is -0.145. The number of carboxylic acids is 1. The van der Waals surface area contributed by atoms with Crippen molar-refractivity contribution in [3.05, 3.63) is 186 Å². The van der Waals surface area contributed by atoms with Gasteiger partial charge in [-0.3, -0.25) is 0 Å². The number of carbonyl (C=O) groups excluding carboxylic acids is 3. The second-order valence-corrected chi connectivity index (χ2v) is 22.3. The number of ether oxygens (including phenoxy) is 3. The number of aromatic amines is 1. The van der Waals surface area contributed by atoms with E-state index in [1.54, 1.807) is 70.3 Å². The molecule has 8 aromatic rings. The molecule has 0 fully saturated rings. The number of halogens is 10. The summed E-state index contributed by atoms with van der Waals surface area (Å²) in [4.78, 5) is 51.3. The van der Waals surface area contributed by atoms with Gasteiger partial charge in [0.1, 0.15) is 34.2 Å². The van der Waals surface area contributed by atoms with Crippen molar-refractivity contribution in [2.45, 2.75) is 120 Å². The molecule has 12 nitrogen and oxygen atoms in total. The normalized spacial score (nSPS) is 11.4. The van der Waals surface area contributed by atoms with Crippen molar-refractivity contribution in [2.24, 2.45) is 0 Å². The fraction of sp³-hybridized carbons (Fsp3) is 0.323. The summed E-state index contributed by atoms with van der Waals surface area (Å²) in [5, 5.41) is 11.7. The van der Waals surface area contributed by atoms with E-state index < -0.39 is 47.8 Å². The minimum absolute atomic E-state index is 0.00780. The van der Waals surface area contributed by atoms with Crippen molar-refractivity contribution in [3.63, 3.8) is 0 Å². The predicted octanol–water partition coefficient (Wildman–Crippen LogP) is 20.0. The van der Waals surface area contributed by atoms with Crippen LogP contribution in [0.4, 0.5) is 26.3 Å². The molecular formula is C65H68Cl4F6N4O8. The van der Waals surface area contributed by atoms with Crippen LogP contribution in [0.3, 0.4) is 0 Å². The van der Waals surface area contributed by atoms with Gasteiger partial charge in [-0.05, 0) is 183 Å². The number of carbonyl (C=O) groups is 4. The Morgan fingerprint density at radius 1 is 0.471 bits per heavy atom. The number of alkyl halides is 6. The first kappa shape index (κ1) is 70.4. The summed E-state index contributed by atoms with van der Waals surface area (Å²) >= 11 is 23.5. The number of hydrogen-bond donors (Lipinski definition) is 2. The van der Waals surface area contributed by atoms with Crippen LogP contribution in [0.15, 0.2) is 109 Å². The molecule has 8 rings (SSSR count). The molecule has 87 heavy (non-hydrogen) atoms. The van der Waals surface area contributed by atoms with Crippen molar-refractivity contribution in [3.8, 4) is 44.5 Å². The molecule has 22 heteroatoms. The van der Waals surface area contributed by atoms with Gasteiger partial charge < -0.3 is 38.0 Å². The van der Waals surface area contributed by atoms with Gasteiger partial charge >= 0.3 is 36.2 Å². The Hall–Kier alpha value is -7.38. The third-order valence-electron chi connectivity index (χ3n) is 13.5. The molecule has 0 unspecified atom stereocenters. The maximum absolute atomic E-state index is 13.7. The molecule has 0 amide bonds. The molecule has 4 aromatic heterocycles. The van der Waals surface area contributed by atoms with Crippen LogP contribution in [0.25, 0.3) is 44.5 Å². The maximum atomic E-state index is 13.7. The molecule has 466 valence electrons. The maximum Gasteiger partial charge on any atom is 0.431 e. The zero-order chi connectivity index (χ0) is 65.2. The average molecular weight is 1290 g/mol. The van der Waals surface area contributed by atoms with Crippen LogP contribution in [0.2, 0.25) is 20.1 Å². The van der Waals surface area contributed by atoms with E-state index in [0.29, 0.717) is 55.8 Å². The van der Waals surface area contributed by atoms with Gasteiger partial charge in [-0.25, -0.2) is 19.2 Å². The molecule has 0 aliphatic carbocycles. The van der Waals surface area contributed by atoms with Crippen LogP contribution in [0, 0.1) is 27.7 Å². The fourth-order valence-electron chi connectivity index (χ4n) is 10.0. The Labute approximate surface area is 521 Å². The number of esters is 3. The lowest BCUT2D eigenvalue weighted by Gasteiger charge is -2.18. The highest BCUT2D eigenvalue weighted by Crippen LogP contribution is 2.45. The number of nitrogens with zero attached hydrogens (tertiary/aromatic N) is 3. The summed E-state index contributed by atoms with van der Waals surface area (Å²) in [7, 11) is 0. The highest BCUT2D eigenvalue weighted by Gasteiger charge is 2.43. The van der Waals surface area contributed by atoms with Crippen molar-refractivity contribution in [2.75, 3.05) is 19.8 Å². The number of aromatic nitrogens is 4. The van der Waals surface area contributed by atoms with Crippen molar-refractivity contribution < 1.29 is 64.8 Å². The van der Waals surface area contributed by atoms with E-state index in [1.165, 1.54) is 52.0 Å². The molecule has 0 atom stereocenters. The summed E-state index contributed by atoms with van der Waals surface area (Å²) in [6, 6.07) is 26.3. The average Bonchev–Trinajstić information content (AvgIpc) is 1.63. The first-order valence-electron chi connectivity index (χ1n) is 27.5. The minimum Gasteiger partial charge on any atom is -0.477 e. The molecule has 2 N–H and O–H groups in total. The van der Waals surface area contributed by atoms with Gasteiger partial charge in [-0.15, -0.1) is 0 Å². The van der Waals surface area contributed by atoms with Crippen molar-refractivity contribution in [1.29, 1.82) is 0 Å². The summed E-state index contributed by atoms with van der Waals surface area (Å²) in [6.45, 7) is 23.0. The topological polar surface area (TPSA) is 147 Å². The molecule has 0 saturated heterocycles. The van der Waals surface area contributed by atoms with Gasteiger partial charge in [0.15, 0.2) is 0 Å². The summed E-state index contributed by atoms with van der Waals surface area (Å²) < 4.78 is 101. The second kappa shape index (κ2) is 30.0. The van der Waals surface area contributed by atoms with E-state index in [4.69, 9.17) is 60.6 Å². The molecule has 4 heterocycles. The molecule has 0 aliphatic heterocycles. The highest BCUT2D eigenvalue weighted by atomic mass is 35.5. The SMILES string of the molecule is CCOC(=O)c1[nH]cc(C)c1-c1ccc(Cl)cc1.CCOC(=O)c1c(-c2ccc(Cl)cc2)c(C)c(C(F)(F)F)n1C(C)C.CCOC(=O)c1c(-c2ccc(Cl)cc2)c(C)cn1C(C)C.Cc1c(-c2ccc(Cl)cc2)c(C(=O)O)n(C(C)C)c1C(F)(F)F. The Morgan fingerprint density at radius 2 is 0.793 bits per heavy atom. The monoisotopic (exact) mass is 1290 g/mol. The number of aromatic carboxylic acids is 1. The molecule has 0 aliphatic rings. The summed E-state index contributed by atoms with van der Waals surface area (Å²) in [5.74, 6) is -2.80. The Balaban J connectivity index is 0.000000213. The number of H-pyrrole nitrogens is 1. The lowest BCUT2D eigenvalue weighted by Crippen LogP contribution is -2.21. The number of benzene rings is 4. The van der Waals surface area contributed by atoms with Gasteiger partial charge in [0, 0.05) is 72.9 Å². The second-order valence-electron chi connectivity index (χ2n) is 20.6. The Kier molecular flexibility index (Phi) is 24.3. The standard InChI is InChI=1S/C18H19ClF3NO2.C17H20ClNO2.C16H15ClF3NO2.C14H14ClNO2/c1-5-25-17(24)15-14(12-6-8-13(19)9-7-12)11(4)16(18(20,21)22)23(15)10(2)3;1-5-21-17(20)16-15(12(4)10-19(16)11(2)3)13-6-8-14(18)9-7-13;1-8(2)21-13(15(22)23)12(9(3)14(21)16(18,19)20)10-4-6-11(17)7-5-10;1-3-18-14(17)13-12(9(2)8-16-13)10-4-6-11(15)7-5-10/h6-10H,5H2,1-4H3;6-11H,5H2,1-4H3;4-8H,1-3H3,(H,22,23);4-8,16H,3H2,1-2H3. The number of aryl methyl sites for hydroxylation is 2. The molecule has 4 aromatic carbocycles. The van der Waals surface area contributed by atoms with Gasteiger partial charge in [0.05, 0.1) is 19.8 Å². The Bertz CT molecular complexity index is 3690. The van der Waals surface area contributed by atoms with Crippen molar-refractivity contribution in [1.82, 2.24) is 18.7 Å². The van der Waals surface area contributed by atoms with E-state index >= 15 is 0 Å². The van der Waals surface area contributed by atoms with Gasteiger partial charge in [-0.2, -0.15) is 26.3 Å². The van der Waals surface area contributed by atoms with Crippen LogP contribution >= 0.6 is 46.4 Å². The third-order valence-corrected chi connectivity index (χ3v) is 14.5. The quantitative estimate of drug-likeness (QED) is 0.0622. The number of carboxylic acid groups (broad SMARTS) is 1. The number of hydrogen-bond acceptors (Lipinski definition) is 7.